The molecule has 1 aromatic rings. The summed E-state index contributed by atoms with van der Waals surface area (Å²) in [6.45, 7) is 3.81. The van der Waals surface area contributed by atoms with Crippen molar-refractivity contribution in [2.75, 3.05) is 0 Å². The van der Waals surface area contributed by atoms with Crippen LogP contribution in [-0.4, -0.2) is 11.0 Å². The van der Waals surface area contributed by atoms with Crippen LogP contribution in [-0.2, 0) is 4.79 Å². The Morgan fingerprint density at radius 2 is 1.89 bits per heavy atom. The van der Waals surface area contributed by atoms with Crippen LogP contribution in [0, 0.1) is 6.92 Å². The number of nitrogens with one attached hydrogen (secondary N) is 2. The number of aryl methyl sites for hydroxylation is 1. The fraction of sp³-hybridized carbons (Fsp3) is 0.231. The summed E-state index contributed by atoms with van der Waals surface area (Å²) in [5.74, 6) is -0.444. The average Bonchev–Trinajstić information content (AvgIpc) is 2.28. The Bertz CT molecular complexity index is 534. The summed E-state index contributed by atoms with van der Waals surface area (Å²) in [5.41, 5.74) is 8.80. The molecule has 4 N–H and O–H groups in total. The van der Waals surface area contributed by atoms with E-state index in [9.17, 15) is 4.79 Å². The molecule has 0 aromatic heterocycles. The van der Waals surface area contributed by atoms with Gasteiger partial charge in [0.1, 0.15) is 0 Å². The first-order chi connectivity index (χ1) is 8.49. The van der Waals surface area contributed by atoms with Gasteiger partial charge in [-0.3, -0.25) is 4.79 Å². The van der Waals surface area contributed by atoms with E-state index in [1.54, 1.807) is 6.92 Å². The minimum absolute atomic E-state index is 0.281. The first kappa shape index (κ1) is 12.6. The Labute approximate surface area is 111 Å². The van der Waals surface area contributed by atoms with Crippen molar-refractivity contribution in [2.45, 2.75) is 19.9 Å². The van der Waals surface area contributed by atoms with E-state index < -0.39 is 5.91 Å². The number of carbonyl (C=O) groups is 1. The molecular formula is C13H15N3OS. The molecule has 0 saturated heterocycles. The molecule has 1 aromatic carbocycles. The van der Waals surface area contributed by atoms with Gasteiger partial charge in [0, 0.05) is 5.70 Å². The Balaban J connectivity index is 2.46. The molecule has 1 aliphatic heterocycles. The van der Waals surface area contributed by atoms with Gasteiger partial charge in [0.2, 0.25) is 5.91 Å². The molecule has 0 spiro atoms. The Hall–Kier alpha value is -1.88. The van der Waals surface area contributed by atoms with Crippen LogP contribution in [0.1, 0.15) is 24.1 Å². The second-order valence-electron chi connectivity index (χ2n) is 4.35. The van der Waals surface area contributed by atoms with Crippen molar-refractivity contribution in [2.24, 2.45) is 5.73 Å². The van der Waals surface area contributed by atoms with Crippen molar-refractivity contribution in [1.29, 1.82) is 0 Å². The highest BCUT2D eigenvalue weighted by atomic mass is 32.1. The molecule has 0 aliphatic carbocycles. The summed E-state index contributed by atoms with van der Waals surface area (Å²) in [6, 6.07) is 7.65. The van der Waals surface area contributed by atoms with Crippen molar-refractivity contribution in [1.82, 2.24) is 10.6 Å². The largest absolute Gasteiger partial charge is 0.366 e. The predicted molar refractivity (Wildman–Crippen MR) is 74.7 cm³/mol. The molecule has 0 fully saturated rings. The number of allylic oxidation sites excluding steroid dienone is 1. The van der Waals surface area contributed by atoms with Crippen LogP contribution in [0.2, 0.25) is 0 Å². The third kappa shape index (κ3) is 2.36. The highest BCUT2D eigenvalue weighted by Gasteiger charge is 2.28. The van der Waals surface area contributed by atoms with Crippen LogP contribution in [0.15, 0.2) is 35.5 Å². The van der Waals surface area contributed by atoms with Crippen LogP contribution >= 0.6 is 12.2 Å². The second-order valence-corrected chi connectivity index (χ2v) is 4.75. The Kier molecular flexibility index (Phi) is 3.34. The zero-order valence-electron chi connectivity index (χ0n) is 10.3. The van der Waals surface area contributed by atoms with Crippen molar-refractivity contribution in [3.63, 3.8) is 0 Å². The van der Waals surface area contributed by atoms with Gasteiger partial charge in [-0.1, -0.05) is 29.8 Å². The van der Waals surface area contributed by atoms with E-state index in [1.165, 1.54) is 0 Å². The first-order valence-electron chi connectivity index (χ1n) is 5.63. The van der Waals surface area contributed by atoms with Crippen molar-refractivity contribution in [3.8, 4) is 0 Å². The highest BCUT2D eigenvalue weighted by molar-refractivity contribution is 7.80. The highest BCUT2D eigenvalue weighted by Crippen LogP contribution is 2.26. The summed E-state index contributed by atoms with van der Waals surface area (Å²) in [7, 11) is 0. The predicted octanol–water partition coefficient (Wildman–Crippen LogP) is 1.27. The van der Waals surface area contributed by atoms with Crippen molar-refractivity contribution >= 4 is 23.2 Å². The normalized spacial score (nSPS) is 19.2. The topological polar surface area (TPSA) is 67.2 Å². The third-order valence-corrected chi connectivity index (χ3v) is 3.17. The van der Waals surface area contributed by atoms with Gasteiger partial charge in [-0.05, 0) is 31.6 Å². The van der Waals surface area contributed by atoms with Crippen LogP contribution < -0.4 is 16.4 Å². The quantitative estimate of drug-likeness (QED) is 0.701. The first-order valence-corrected chi connectivity index (χ1v) is 6.04. The fourth-order valence-corrected chi connectivity index (χ4v) is 2.30. The lowest BCUT2D eigenvalue weighted by Gasteiger charge is -2.29. The van der Waals surface area contributed by atoms with E-state index in [0.29, 0.717) is 16.4 Å². The maximum atomic E-state index is 11.6. The number of primary amides is 1. The minimum atomic E-state index is -0.444. The summed E-state index contributed by atoms with van der Waals surface area (Å²) < 4.78 is 0. The smallest absolute Gasteiger partial charge is 0.248 e. The summed E-state index contributed by atoms with van der Waals surface area (Å²) in [4.78, 5) is 11.6. The second kappa shape index (κ2) is 4.78. The molecule has 1 amide bonds. The number of benzene rings is 1. The van der Waals surface area contributed by atoms with Crippen LogP contribution in [0.4, 0.5) is 0 Å². The van der Waals surface area contributed by atoms with Crippen molar-refractivity contribution in [3.05, 3.63) is 46.7 Å². The van der Waals surface area contributed by atoms with Gasteiger partial charge in [0.25, 0.3) is 0 Å². The molecule has 1 atom stereocenters. The molecule has 1 aliphatic rings. The molecular weight excluding hydrogens is 246 g/mol. The molecule has 0 radical (unpaired) electrons. The van der Waals surface area contributed by atoms with E-state index in [2.05, 4.69) is 10.6 Å². The van der Waals surface area contributed by atoms with E-state index in [0.717, 1.165) is 11.1 Å². The molecule has 5 heteroatoms. The van der Waals surface area contributed by atoms with Gasteiger partial charge in [-0.2, -0.15) is 0 Å². The summed E-state index contributed by atoms with van der Waals surface area (Å²) >= 11 is 5.12. The van der Waals surface area contributed by atoms with Crippen LogP contribution in [0.3, 0.4) is 0 Å². The molecule has 0 unspecified atom stereocenters. The number of nitrogens with two attached hydrogens (primary N) is 1. The molecule has 1 heterocycles. The molecule has 0 bridgehead atoms. The van der Waals surface area contributed by atoms with Gasteiger partial charge in [0.05, 0.1) is 11.6 Å². The summed E-state index contributed by atoms with van der Waals surface area (Å²) in [6.07, 6.45) is 0. The minimum Gasteiger partial charge on any atom is -0.366 e. The zero-order chi connectivity index (χ0) is 13.3. The maximum absolute atomic E-state index is 11.6. The summed E-state index contributed by atoms with van der Waals surface area (Å²) in [5, 5.41) is 6.50. The van der Waals surface area contributed by atoms with Gasteiger partial charge in [-0.15, -0.1) is 0 Å². The average molecular weight is 261 g/mol. The number of hydrogen-bond acceptors (Lipinski definition) is 2. The molecule has 0 saturated carbocycles. The Morgan fingerprint density at radius 1 is 1.28 bits per heavy atom. The number of hydrogen-bond donors (Lipinski definition) is 3. The van der Waals surface area contributed by atoms with Crippen LogP contribution in [0.25, 0.3) is 0 Å². The van der Waals surface area contributed by atoms with Crippen molar-refractivity contribution < 1.29 is 4.79 Å². The van der Waals surface area contributed by atoms with Gasteiger partial charge in [0.15, 0.2) is 5.11 Å². The van der Waals surface area contributed by atoms with Crippen LogP contribution in [0.5, 0.6) is 0 Å². The van der Waals surface area contributed by atoms with E-state index in [1.807, 2.05) is 31.2 Å². The van der Waals surface area contributed by atoms with E-state index >= 15 is 0 Å². The number of carbonyl (C=O) groups excluding carboxylic acids is 1. The van der Waals surface area contributed by atoms with Gasteiger partial charge in [-0.25, -0.2) is 0 Å². The fourth-order valence-electron chi connectivity index (χ4n) is 2.03. The van der Waals surface area contributed by atoms with Gasteiger partial charge < -0.3 is 16.4 Å². The van der Waals surface area contributed by atoms with E-state index in [4.69, 9.17) is 18.0 Å². The molecule has 94 valence electrons. The molecule has 4 nitrogen and oxygen atoms in total. The monoisotopic (exact) mass is 261 g/mol. The van der Waals surface area contributed by atoms with Gasteiger partial charge >= 0.3 is 0 Å². The molecule has 18 heavy (non-hydrogen) atoms. The maximum Gasteiger partial charge on any atom is 0.248 e. The lowest BCUT2D eigenvalue weighted by Crippen LogP contribution is -2.46. The molecule has 2 rings (SSSR count). The van der Waals surface area contributed by atoms with E-state index in [-0.39, 0.29) is 6.04 Å². The number of thiocarbonyl (C=S) groups is 1. The lowest BCUT2D eigenvalue weighted by atomic mass is 9.95. The number of amides is 1. The standard InChI is InChI=1S/C13H15N3OS/c1-7-3-5-9(6-4-7)11-10(12(14)17)8(2)15-13(18)16-11/h3-6,11H,1-2H3,(H2,14,17)(H2,15,16,18)/t11-/m1/s1. The zero-order valence-corrected chi connectivity index (χ0v) is 11.1. The lowest BCUT2D eigenvalue weighted by molar-refractivity contribution is -0.115. The number of rotatable bonds is 2. The SMILES string of the molecule is CC1=C(C(N)=O)[C@@H](c2ccc(C)cc2)NC(=S)N1. The third-order valence-electron chi connectivity index (χ3n) is 2.95. The Morgan fingerprint density at radius 3 is 2.44 bits per heavy atom.